The summed E-state index contributed by atoms with van der Waals surface area (Å²) in [4.78, 5) is 22.5. The van der Waals surface area contributed by atoms with Crippen molar-refractivity contribution in [2.24, 2.45) is 0 Å². The molecule has 0 saturated heterocycles. The number of hydrogen-bond donors (Lipinski definition) is 2. The zero-order valence-corrected chi connectivity index (χ0v) is 10.7. The molecule has 17 heavy (non-hydrogen) atoms. The lowest BCUT2D eigenvalue weighted by Gasteiger charge is -2.09. The van der Waals surface area contributed by atoms with Crippen LogP contribution in [0.15, 0.2) is 18.2 Å². The van der Waals surface area contributed by atoms with Gasteiger partial charge in [0.1, 0.15) is 0 Å². The average molecular weight is 275 g/mol. The van der Waals surface area contributed by atoms with Gasteiger partial charge in [-0.1, -0.05) is 17.7 Å². The Labute approximate surface area is 109 Å². The number of benzene rings is 1. The number of hydrogen-bond acceptors (Lipinski definition) is 2. The van der Waals surface area contributed by atoms with E-state index in [1.807, 2.05) is 0 Å². The number of urea groups is 1. The molecule has 0 fully saturated rings. The van der Waals surface area contributed by atoms with Crippen LogP contribution in [0, 0.1) is 6.92 Å². The van der Waals surface area contributed by atoms with Gasteiger partial charge in [-0.25, -0.2) is 4.79 Å². The van der Waals surface area contributed by atoms with Crippen LogP contribution in [0.1, 0.15) is 12.0 Å². The zero-order chi connectivity index (χ0) is 12.8. The van der Waals surface area contributed by atoms with Crippen LogP contribution in [-0.4, -0.2) is 17.8 Å². The van der Waals surface area contributed by atoms with E-state index in [-0.39, 0.29) is 12.3 Å². The molecule has 1 aromatic rings. The molecule has 6 heteroatoms. The van der Waals surface area contributed by atoms with E-state index < -0.39 is 11.9 Å². The Bertz CT molecular complexity index is 435. The van der Waals surface area contributed by atoms with Crippen LogP contribution in [0.2, 0.25) is 5.02 Å². The molecule has 0 aliphatic carbocycles. The smallest absolute Gasteiger partial charge is 0.307 e. The summed E-state index contributed by atoms with van der Waals surface area (Å²) in [5, 5.41) is 5.25. The van der Waals surface area contributed by atoms with E-state index in [2.05, 4.69) is 10.6 Å². The fraction of sp³-hybridized carbons (Fsp3) is 0.273. The van der Waals surface area contributed by atoms with Gasteiger partial charge in [0.25, 0.3) is 0 Å². The van der Waals surface area contributed by atoms with Gasteiger partial charge in [-0.2, -0.15) is 0 Å². The highest BCUT2D eigenvalue weighted by Crippen LogP contribution is 2.22. The van der Waals surface area contributed by atoms with E-state index in [9.17, 15) is 9.59 Å². The van der Waals surface area contributed by atoms with Gasteiger partial charge in [-0.15, -0.1) is 11.6 Å². The molecular formula is C11H12Cl2N2O2. The molecule has 0 aliphatic heterocycles. The molecule has 0 aliphatic rings. The Balaban J connectivity index is 2.62. The second kappa shape index (κ2) is 6.47. The molecule has 4 nitrogen and oxygen atoms in total. The Morgan fingerprint density at radius 1 is 1.35 bits per heavy atom. The monoisotopic (exact) mass is 274 g/mol. The fourth-order valence-corrected chi connectivity index (χ4v) is 1.52. The molecule has 0 saturated carbocycles. The predicted molar refractivity (Wildman–Crippen MR) is 68.7 cm³/mol. The predicted octanol–water partition coefficient (Wildman–Crippen LogP) is 2.93. The fourth-order valence-electron chi connectivity index (χ4n) is 1.17. The molecule has 3 amide bonds. The maximum Gasteiger partial charge on any atom is 0.325 e. The van der Waals surface area contributed by atoms with Gasteiger partial charge in [0.15, 0.2) is 0 Å². The van der Waals surface area contributed by atoms with Gasteiger partial charge in [0.05, 0.1) is 0 Å². The number of anilines is 1. The average Bonchev–Trinajstić information content (AvgIpc) is 2.25. The molecule has 1 aromatic carbocycles. The van der Waals surface area contributed by atoms with E-state index in [1.54, 1.807) is 25.1 Å². The number of imide groups is 1. The van der Waals surface area contributed by atoms with Gasteiger partial charge in [0.2, 0.25) is 5.91 Å². The topological polar surface area (TPSA) is 58.2 Å². The minimum atomic E-state index is -0.592. The van der Waals surface area contributed by atoms with Gasteiger partial charge < -0.3 is 5.32 Å². The van der Waals surface area contributed by atoms with E-state index in [0.717, 1.165) is 5.56 Å². The van der Waals surface area contributed by atoms with Crippen molar-refractivity contribution in [3.63, 3.8) is 0 Å². The number of carbonyl (C=O) groups excluding carboxylic acids is 2. The minimum Gasteiger partial charge on any atom is -0.307 e. The molecule has 0 bridgehead atoms. The van der Waals surface area contributed by atoms with Crippen LogP contribution in [-0.2, 0) is 4.79 Å². The summed E-state index contributed by atoms with van der Waals surface area (Å²) < 4.78 is 0. The molecule has 1 rings (SSSR count). The summed E-state index contributed by atoms with van der Waals surface area (Å²) in [6.07, 6.45) is 0.101. The maximum absolute atomic E-state index is 11.4. The number of rotatable bonds is 3. The van der Waals surface area contributed by atoms with Gasteiger partial charge in [-0.05, 0) is 24.6 Å². The number of halogens is 2. The van der Waals surface area contributed by atoms with Crippen LogP contribution in [0.25, 0.3) is 0 Å². The van der Waals surface area contributed by atoms with Crippen LogP contribution >= 0.6 is 23.2 Å². The normalized spacial score (nSPS) is 9.82. The molecular weight excluding hydrogens is 263 g/mol. The third-order valence-electron chi connectivity index (χ3n) is 2.09. The first-order valence-electron chi connectivity index (χ1n) is 4.96. The summed E-state index contributed by atoms with van der Waals surface area (Å²) >= 11 is 11.3. The summed E-state index contributed by atoms with van der Waals surface area (Å²) in [5.74, 6) is -0.243. The van der Waals surface area contributed by atoms with E-state index in [0.29, 0.717) is 10.7 Å². The lowest BCUT2D eigenvalue weighted by atomic mass is 10.2. The van der Waals surface area contributed by atoms with Crippen LogP contribution < -0.4 is 10.6 Å². The summed E-state index contributed by atoms with van der Waals surface area (Å²) in [6, 6.07) is 4.54. The van der Waals surface area contributed by atoms with E-state index >= 15 is 0 Å². The highest BCUT2D eigenvalue weighted by molar-refractivity contribution is 6.31. The van der Waals surface area contributed by atoms with Gasteiger partial charge >= 0.3 is 6.03 Å². The molecule has 0 radical (unpaired) electrons. The number of alkyl halides is 1. The van der Waals surface area contributed by atoms with Crippen LogP contribution in [0.3, 0.4) is 0 Å². The maximum atomic E-state index is 11.4. The first-order chi connectivity index (χ1) is 8.04. The molecule has 0 unspecified atom stereocenters. The first kappa shape index (κ1) is 13.8. The highest BCUT2D eigenvalue weighted by atomic mass is 35.5. The quantitative estimate of drug-likeness (QED) is 0.833. The highest BCUT2D eigenvalue weighted by Gasteiger charge is 2.09. The SMILES string of the molecule is Cc1c(Cl)cccc1NC(=O)NC(=O)CCCl. The standard InChI is InChI=1S/C11H12Cl2N2O2/c1-7-8(13)3-2-4-9(7)14-11(17)15-10(16)5-6-12/h2-4H,5-6H2,1H3,(H2,14,15,16,17). The molecule has 0 spiro atoms. The summed E-state index contributed by atoms with van der Waals surface area (Å²) in [6.45, 7) is 1.78. The molecule has 0 aromatic heterocycles. The van der Waals surface area contributed by atoms with Crippen molar-refractivity contribution < 1.29 is 9.59 Å². The van der Waals surface area contributed by atoms with Crippen LogP contribution in [0.4, 0.5) is 10.5 Å². The Morgan fingerprint density at radius 3 is 2.71 bits per heavy atom. The third kappa shape index (κ3) is 4.24. The van der Waals surface area contributed by atoms with Crippen molar-refractivity contribution in [2.45, 2.75) is 13.3 Å². The zero-order valence-electron chi connectivity index (χ0n) is 9.22. The van der Waals surface area contributed by atoms with Crippen molar-refractivity contribution in [3.8, 4) is 0 Å². The summed E-state index contributed by atoms with van der Waals surface area (Å²) in [5.41, 5.74) is 1.31. The molecule has 0 atom stereocenters. The largest absolute Gasteiger partial charge is 0.325 e. The third-order valence-corrected chi connectivity index (χ3v) is 2.69. The van der Waals surface area contributed by atoms with Gasteiger partial charge in [-0.3, -0.25) is 10.1 Å². The summed E-state index contributed by atoms with van der Waals surface area (Å²) in [7, 11) is 0. The Hall–Kier alpha value is -1.26. The lowest BCUT2D eigenvalue weighted by molar-refractivity contribution is -0.119. The van der Waals surface area contributed by atoms with Crippen molar-refractivity contribution in [1.29, 1.82) is 0 Å². The van der Waals surface area contributed by atoms with E-state index in [4.69, 9.17) is 23.2 Å². The van der Waals surface area contributed by atoms with Crippen molar-refractivity contribution in [1.82, 2.24) is 5.32 Å². The Morgan fingerprint density at radius 2 is 2.06 bits per heavy atom. The van der Waals surface area contributed by atoms with Crippen molar-refractivity contribution in [2.75, 3.05) is 11.2 Å². The number of amides is 3. The van der Waals surface area contributed by atoms with Crippen LogP contribution in [0.5, 0.6) is 0 Å². The number of carbonyl (C=O) groups is 2. The molecule has 0 heterocycles. The van der Waals surface area contributed by atoms with Crippen molar-refractivity contribution >= 4 is 40.8 Å². The molecule has 2 N–H and O–H groups in total. The Kier molecular flexibility index (Phi) is 5.25. The minimum absolute atomic E-state index is 0.101. The number of nitrogens with one attached hydrogen (secondary N) is 2. The second-order valence-corrected chi connectivity index (χ2v) is 4.14. The first-order valence-corrected chi connectivity index (χ1v) is 5.87. The second-order valence-electron chi connectivity index (χ2n) is 3.35. The lowest BCUT2D eigenvalue weighted by Crippen LogP contribution is -2.34. The van der Waals surface area contributed by atoms with E-state index in [1.165, 1.54) is 0 Å². The van der Waals surface area contributed by atoms with Crippen molar-refractivity contribution in [3.05, 3.63) is 28.8 Å². The molecule has 92 valence electrons. The van der Waals surface area contributed by atoms with Gasteiger partial charge in [0, 0.05) is 23.0 Å².